The molecule has 1 N–H and O–H groups in total. The van der Waals surface area contributed by atoms with Gasteiger partial charge in [-0.2, -0.15) is 11.8 Å². The second kappa shape index (κ2) is 6.40. The highest BCUT2D eigenvalue weighted by Crippen LogP contribution is 2.31. The second-order valence-electron chi connectivity index (χ2n) is 4.87. The van der Waals surface area contributed by atoms with Crippen LogP contribution in [0, 0.1) is 5.82 Å². The van der Waals surface area contributed by atoms with Crippen molar-refractivity contribution in [3.05, 3.63) is 34.1 Å². The van der Waals surface area contributed by atoms with E-state index >= 15 is 0 Å². The van der Waals surface area contributed by atoms with Gasteiger partial charge < -0.3 is 5.32 Å². The molecule has 3 unspecified atom stereocenters. The predicted molar refractivity (Wildman–Crippen MR) is 80.6 cm³/mol. The first-order valence-electron chi connectivity index (χ1n) is 6.35. The van der Waals surface area contributed by atoms with Crippen molar-refractivity contribution in [2.45, 2.75) is 43.5 Å². The maximum Gasteiger partial charge on any atom is 0.128 e. The van der Waals surface area contributed by atoms with Crippen molar-refractivity contribution in [3.63, 3.8) is 0 Å². The van der Waals surface area contributed by atoms with E-state index in [0.29, 0.717) is 11.3 Å². The third-order valence-corrected chi connectivity index (χ3v) is 5.31. The van der Waals surface area contributed by atoms with Crippen LogP contribution in [0.2, 0.25) is 0 Å². The lowest BCUT2D eigenvalue weighted by Gasteiger charge is -2.24. The number of benzene rings is 1. The van der Waals surface area contributed by atoms with E-state index in [1.165, 1.54) is 25.3 Å². The molecule has 0 aromatic heterocycles. The van der Waals surface area contributed by atoms with E-state index < -0.39 is 0 Å². The number of hydrogen-bond acceptors (Lipinski definition) is 2. The van der Waals surface area contributed by atoms with E-state index in [-0.39, 0.29) is 11.9 Å². The molecule has 2 rings (SSSR count). The van der Waals surface area contributed by atoms with Gasteiger partial charge in [0.2, 0.25) is 0 Å². The molecule has 1 nitrogen and oxygen atoms in total. The molecule has 0 spiro atoms. The van der Waals surface area contributed by atoms with Crippen LogP contribution in [-0.2, 0) is 0 Å². The van der Waals surface area contributed by atoms with E-state index in [2.05, 4.69) is 27.5 Å². The maximum atomic E-state index is 13.8. The average molecular weight is 332 g/mol. The molecule has 18 heavy (non-hydrogen) atoms. The molecule has 0 saturated heterocycles. The SMILES string of the molecule is CSC1CCCC1NC(C)c1cc(Br)ccc1F. The zero-order valence-corrected chi connectivity index (χ0v) is 13.2. The topological polar surface area (TPSA) is 12.0 Å². The second-order valence-corrected chi connectivity index (χ2v) is 6.86. The summed E-state index contributed by atoms with van der Waals surface area (Å²) in [6.45, 7) is 2.04. The van der Waals surface area contributed by atoms with Gasteiger partial charge in [0.25, 0.3) is 0 Å². The Balaban J connectivity index is 2.07. The number of hydrogen-bond donors (Lipinski definition) is 1. The fourth-order valence-electron chi connectivity index (χ4n) is 2.66. The van der Waals surface area contributed by atoms with E-state index in [9.17, 15) is 4.39 Å². The predicted octanol–water partition coefficient (Wildman–Crippen LogP) is 4.52. The van der Waals surface area contributed by atoms with Gasteiger partial charge in [-0.15, -0.1) is 0 Å². The van der Waals surface area contributed by atoms with Crippen molar-refractivity contribution in [1.29, 1.82) is 0 Å². The molecule has 0 heterocycles. The summed E-state index contributed by atoms with van der Waals surface area (Å²) >= 11 is 5.32. The third kappa shape index (κ3) is 3.28. The monoisotopic (exact) mass is 331 g/mol. The number of rotatable bonds is 4. The molecule has 1 aromatic rings. The molecule has 1 aliphatic rings. The molecule has 1 aliphatic carbocycles. The van der Waals surface area contributed by atoms with Gasteiger partial charge in [0.15, 0.2) is 0 Å². The standard InChI is InChI=1S/C14H19BrFNS/c1-9(11-8-10(15)6-7-12(11)16)17-13-4-3-5-14(13)18-2/h6-9,13-14,17H,3-5H2,1-2H3. The molecule has 0 bridgehead atoms. The number of nitrogens with one attached hydrogen (secondary N) is 1. The molecular weight excluding hydrogens is 313 g/mol. The summed E-state index contributed by atoms with van der Waals surface area (Å²) < 4.78 is 14.7. The summed E-state index contributed by atoms with van der Waals surface area (Å²) in [6.07, 6.45) is 5.91. The van der Waals surface area contributed by atoms with Gasteiger partial charge in [-0.25, -0.2) is 4.39 Å². The van der Waals surface area contributed by atoms with Gasteiger partial charge in [0, 0.05) is 27.4 Å². The lowest BCUT2D eigenvalue weighted by atomic mass is 10.1. The molecule has 3 atom stereocenters. The van der Waals surface area contributed by atoms with Gasteiger partial charge >= 0.3 is 0 Å². The highest BCUT2D eigenvalue weighted by Gasteiger charge is 2.28. The zero-order valence-electron chi connectivity index (χ0n) is 10.7. The largest absolute Gasteiger partial charge is 0.306 e. The van der Waals surface area contributed by atoms with Crippen LogP contribution in [0.5, 0.6) is 0 Å². The third-order valence-electron chi connectivity index (χ3n) is 3.64. The molecule has 0 radical (unpaired) electrons. The van der Waals surface area contributed by atoms with Crippen molar-refractivity contribution in [2.75, 3.05) is 6.26 Å². The normalized spacial score (nSPS) is 25.3. The highest BCUT2D eigenvalue weighted by molar-refractivity contribution is 9.10. The van der Waals surface area contributed by atoms with Crippen LogP contribution in [0.3, 0.4) is 0 Å². The van der Waals surface area contributed by atoms with Gasteiger partial charge in [0.05, 0.1) is 0 Å². The summed E-state index contributed by atoms with van der Waals surface area (Å²) in [4.78, 5) is 0. The summed E-state index contributed by atoms with van der Waals surface area (Å²) in [5.41, 5.74) is 0.746. The first-order chi connectivity index (χ1) is 8.61. The van der Waals surface area contributed by atoms with E-state index in [4.69, 9.17) is 0 Å². The Kier molecular flexibility index (Phi) is 5.10. The van der Waals surface area contributed by atoms with E-state index in [1.807, 2.05) is 24.8 Å². The van der Waals surface area contributed by atoms with Crippen LogP contribution in [0.4, 0.5) is 4.39 Å². The molecule has 0 aliphatic heterocycles. The van der Waals surface area contributed by atoms with Crippen LogP contribution in [0.1, 0.15) is 37.8 Å². The maximum absolute atomic E-state index is 13.8. The molecule has 0 amide bonds. The zero-order chi connectivity index (χ0) is 13.1. The Hall–Kier alpha value is -0.0600. The summed E-state index contributed by atoms with van der Waals surface area (Å²) in [5, 5.41) is 4.25. The molecule has 1 fully saturated rings. The summed E-state index contributed by atoms with van der Waals surface area (Å²) in [7, 11) is 0. The van der Waals surface area contributed by atoms with Crippen molar-refractivity contribution in [3.8, 4) is 0 Å². The fourth-order valence-corrected chi connectivity index (χ4v) is 3.98. The lowest BCUT2D eigenvalue weighted by molar-refractivity contribution is 0.452. The van der Waals surface area contributed by atoms with Crippen LogP contribution >= 0.6 is 27.7 Å². The Labute approximate surface area is 121 Å². The quantitative estimate of drug-likeness (QED) is 0.870. The minimum atomic E-state index is -0.128. The minimum Gasteiger partial charge on any atom is -0.306 e. The molecule has 100 valence electrons. The van der Waals surface area contributed by atoms with Crippen molar-refractivity contribution in [1.82, 2.24) is 5.32 Å². The minimum absolute atomic E-state index is 0.0558. The molecule has 1 saturated carbocycles. The smallest absolute Gasteiger partial charge is 0.128 e. The number of halogens is 2. The van der Waals surface area contributed by atoms with Crippen LogP contribution in [0.25, 0.3) is 0 Å². The Morgan fingerprint density at radius 1 is 1.44 bits per heavy atom. The number of thioether (sulfide) groups is 1. The molecule has 1 aromatic carbocycles. The first kappa shape index (κ1) is 14.4. The van der Waals surface area contributed by atoms with E-state index in [0.717, 1.165) is 10.0 Å². The fraction of sp³-hybridized carbons (Fsp3) is 0.571. The van der Waals surface area contributed by atoms with Gasteiger partial charge in [-0.05, 0) is 44.2 Å². The van der Waals surface area contributed by atoms with Gasteiger partial charge in [0.1, 0.15) is 5.82 Å². The lowest BCUT2D eigenvalue weighted by Crippen LogP contribution is -2.36. The van der Waals surface area contributed by atoms with E-state index in [1.54, 1.807) is 6.07 Å². The molecular formula is C14H19BrFNS. The van der Waals surface area contributed by atoms with Gasteiger partial charge in [-0.1, -0.05) is 22.4 Å². The Morgan fingerprint density at radius 3 is 2.94 bits per heavy atom. The van der Waals surface area contributed by atoms with Crippen molar-refractivity contribution in [2.24, 2.45) is 0 Å². The summed E-state index contributed by atoms with van der Waals surface area (Å²) in [5.74, 6) is -0.128. The first-order valence-corrected chi connectivity index (χ1v) is 8.43. The van der Waals surface area contributed by atoms with Crippen molar-refractivity contribution < 1.29 is 4.39 Å². The van der Waals surface area contributed by atoms with Crippen LogP contribution in [0.15, 0.2) is 22.7 Å². The Morgan fingerprint density at radius 2 is 2.22 bits per heavy atom. The van der Waals surface area contributed by atoms with Crippen molar-refractivity contribution >= 4 is 27.7 Å². The Bertz CT molecular complexity index is 413. The summed E-state index contributed by atoms with van der Waals surface area (Å²) in [6, 6.07) is 5.70. The van der Waals surface area contributed by atoms with Crippen LogP contribution < -0.4 is 5.32 Å². The highest BCUT2D eigenvalue weighted by atomic mass is 79.9. The molecule has 4 heteroatoms. The van der Waals surface area contributed by atoms with Gasteiger partial charge in [-0.3, -0.25) is 0 Å². The van der Waals surface area contributed by atoms with Crippen LogP contribution in [-0.4, -0.2) is 17.5 Å². The average Bonchev–Trinajstić information content (AvgIpc) is 2.79.